The summed E-state index contributed by atoms with van der Waals surface area (Å²) < 4.78 is 1.22. The first-order valence-corrected chi connectivity index (χ1v) is 7.78. The molecule has 0 amide bonds. The molecular formula is C15H17IN4. The molecule has 0 unspecified atom stereocenters. The fourth-order valence-electron chi connectivity index (χ4n) is 2.50. The van der Waals surface area contributed by atoms with E-state index in [0.717, 1.165) is 37.7 Å². The smallest absolute Gasteiger partial charge is 0.128 e. The second-order valence-electron chi connectivity index (χ2n) is 4.87. The lowest BCUT2D eigenvalue weighted by atomic mass is 10.2. The van der Waals surface area contributed by atoms with E-state index in [-0.39, 0.29) is 0 Å². The predicted molar refractivity (Wildman–Crippen MR) is 92.2 cm³/mol. The first-order valence-electron chi connectivity index (χ1n) is 6.70. The molecule has 20 heavy (non-hydrogen) atoms. The van der Waals surface area contributed by atoms with Crippen molar-refractivity contribution < 1.29 is 0 Å². The molecule has 0 atom stereocenters. The Kier molecular flexibility index (Phi) is 3.95. The quantitative estimate of drug-likeness (QED) is 0.643. The molecule has 0 bridgehead atoms. The number of hydrogen-bond donors (Lipinski definition) is 1. The molecule has 2 aromatic rings. The number of halogens is 1. The average molecular weight is 380 g/mol. The van der Waals surface area contributed by atoms with Crippen LogP contribution in [-0.4, -0.2) is 31.2 Å². The zero-order valence-electron chi connectivity index (χ0n) is 11.2. The van der Waals surface area contributed by atoms with Crippen LogP contribution < -0.4 is 15.5 Å². The maximum absolute atomic E-state index is 5.82. The Morgan fingerprint density at radius 3 is 2.40 bits per heavy atom. The topological polar surface area (TPSA) is 45.4 Å². The van der Waals surface area contributed by atoms with E-state index >= 15 is 0 Å². The van der Waals surface area contributed by atoms with Crippen molar-refractivity contribution in [2.45, 2.75) is 0 Å². The van der Waals surface area contributed by atoms with Crippen molar-refractivity contribution in [2.24, 2.45) is 0 Å². The molecular weight excluding hydrogens is 363 g/mol. The molecule has 104 valence electrons. The van der Waals surface area contributed by atoms with Gasteiger partial charge in [0.1, 0.15) is 5.82 Å². The largest absolute Gasteiger partial charge is 0.399 e. The van der Waals surface area contributed by atoms with Gasteiger partial charge in [0, 0.05) is 41.6 Å². The van der Waals surface area contributed by atoms with Crippen LogP contribution in [0.3, 0.4) is 0 Å². The summed E-state index contributed by atoms with van der Waals surface area (Å²) in [5, 5.41) is 0. The fourth-order valence-corrected chi connectivity index (χ4v) is 3.38. The first-order chi connectivity index (χ1) is 9.74. The number of nitrogens with two attached hydrogens (primary N) is 1. The van der Waals surface area contributed by atoms with Gasteiger partial charge in [0.25, 0.3) is 0 Å². The van der Waals surface area contributed by atoms with Gasteiger partial charge in [0.05, 0.1) is 5.69 Å². The molecule has 4 nitrogen and oxygen atoms in total. The lowest BCUT2D eigenvalue weighted by molar-refractivity contribution is 0.646. The van der Waals surface area contributed by atoms with Gasteiger partial charge in [0.15, 0.2) is 0 Å². The Bertz CT molecular complexity index is 580. The molecule has 3 rings (SSSR count). The number of anilines is 3. The van der Waals surface area contributed by atoms with E-state index in [9.17, 15) is 0 Å². The molecule has 0 saturated carbocycles. The molecule has 1 saturated heterocycles. The highest BCUT2D eigenvalue weighted by molar-refractivity contribution is 14.1. The summed E-state index contributed by atoms with van der Waals surface area (Å²) in [5.74, 6) is 1.07. The van der Waals surface area contributed by atoms with Crippen molar-refractivity contribution >= 4 is 39.8 Å². The maximum Gasteiger partial charge on any atom is 0.128 e. The minimum atomic E-state index is 0.824. The highest BCUT2D eigenvalue weighted by Gasteiger charge is 2.19. The van der Waals surface area contributed by atoms with E-state index in [0.29, 0.717) is 0 Å². The van der Waals surface area contributed by atoms with Crippen molar-refractivity contribution in [2.75, 3.05) is 41.7 Å². The second kappa shape index (κ2) is 5.87. The third-order valence-electron chi connectivity index (χ3n) is 3.57. The summed E-state index contributed by atoms with van der Waals surface area (Å²) in [6.45, 7) is 4.02. The molecule has 1 aromatic carbocycles. The summed E-state index contributed by atoms with van der Waals surface area (Å²) in [5.41, 5.74) is 7.92. The van der Waals surface area contributed by atoms with E-state index in [2.05, 4.69) is 49.5 Å². The van der Waals surface area contributed by atoms with Crippen LogP contribution in [0.25, 0.3) is 0 Å². The van der Waals surface area contributed by atoms with Gasteiger partial charge in [-0.2, -0.15) is 0 Å². The van der Waals surface area contributed by atoms with Crippen LogP contribution in [0.4, 0.5) is 17.2 Å². The van der Waals surface area contributed by atoms with Crippen LogP contribution in [0, 0.1) is 3.57 Å². The van der Waals surface area contributed by atoms with Crippen molar-refractivity contribution in [3.8, 4) is 0 Å². The summed E-state index contributed by atoms with van der Waals surface area (Å²) in [6.07, 6.45) is 1.85. The number of hydrogen-bond acceptors (Lipinski definition) is 4. The summed E-state index contributed by atoms with van der Waals surface area (Å²) in [4.78, 5) is 9.17. The molecule has 5 heteroatoms. The van der Waals surface area contributed by atoms with E-state index in [1.165, 1.54) is 9.26 Å². The van der Waals surface area contributed by atoms with Crippen LogP contribution in [0.15, 0.2) is 42.6 Å². The number of rotatable bonds is 2. The Morgan fingerprint density at radius 2 is 1.75 bits per heavy atom. The van der Waals surface area contributed by atoms with Crippen LogP contribution in [0.5, 0.6) is 0 Å². The van der Waals surface area contributed by atoms with Crippen LogP contribution >= 0.6 is 22.6 Å². The third kappa shape index (κ3) is 2.82. The van der Waals surface area contributed by atoms with E-state index in [1.807, 2.05) is 30.5 Å². The number of piperazine rings is 1. The molecule has 1 aliphatic heterocycles. The molecule has 1 fully saturated rings. The minimum absolute atomic E-state index is 0.824. The second-order valence-corrected chi connectivity index (χ2v) is 6.04. The van der Waals surface area contributed by atoms with Gasteiger partial charge in [-0.25, -0.2) is 4.98 Å². The van der Waals surface area contributed by atoms with E-state index in [1.54, 1.807) is 0 Å². The molecule has 1 aromatic heterocycles. The third-order valence-corrected chi connectivity index (χ3v) is 4.43. The minimum Gasteiger partial charge on any atom is -0.399 e. The van der Waals surface area contributed by atoms with Crippen LogP contribution in [0.1, 0.15) is 0 Å². The summed E-state index contributed by atoms with van der Waals surface area (Å²) in [6, 6.07) is 12.2. The van der Waals surface area contributed by atoms with Crippen molar-refractivity contribution in [3.63, 3.8) is 0 Å². The molecule has 0 radical (unpaired) electrons. The normalized spacial score (nSPS) is 15.4. The maximum atomic E-state index is 5.82. The highest BCUT2D eigenvalue weighted by Crippen LogP contribution is 2.26. The predicted octanol–water partition coefficient (Wildman–Crippen LogP) is 2.60. The Labute approximate surface area is 132 Å². The zero-order chi connectivity index (χ0) is 13.9. The van der Waals surface area contributed by atoms with Gasteiger partial charge in [-0.05, 0) is 52.9 Å². The number of aromatic nitrogens is 1. The van der Waals surface area contributed by atoms with Crippen LogP contribution in [-0.2, 0) is 0 Å². The molecule has 2 N–H and O–H groups in total. The SMILES string of the molecule is Nc1ccc(N2CCN(c3ccccn3)CC2)c(I)c1. The number of benzene rings is 1. The number of pyridine rings is 1. The van der Waals surface area contributed by atoms with Gasteiger partial charge in [-0.15, -0.1) is 0 Å². The van der Waals surface area contributed by atoms with Crippen LogP contribution in [0.2, 0.25) is 0 Å². The highest BCUT2D eigenvalue weighted by atomic mass is 127. The summed E-state index contributed by atoms with van der Waals surface area (Å²) >= 11 is 2.36. The van der Waals surface area contributed by atoms with Gasteiger partial charge in [0.2, 0.25) is 0 Å². The lowest BCUT2D eigenvalue weighted by Gasteiger charge is -2.37. The monoisotopic (exact) mass is 380 g/mol. The number of nitrogens with zero attached hydrogens (tertiary/aromatic N) is 3. The molecule has 2 heterocycles. The Hall–Kier alpha value is -1.50. The average Bonchev–Trinajstić information content (AvgIpc) is 2.48. The van der Waals surface area contributed by atoms with E-state index < -0.39 is 0 Å². The standard InChI is InChI=1S/C15H17IN4/c16-13-11-12(17)4-5-14(13)19-7-9-20(10-8-19)15-3-1-2-6-18-15/h1-6,11H,7-10,17H2. The fraction of sp³-hybridized carbons (Fsp3) is 0.267. The Morgan fingerprint density at radius 1 is 1.00 bits per heavy atom. The number of nitrogen functional groups attached to an aromatic ring is 1. The first kappa shape index (κ1) is 13.5. The molecule has 0 aliphatic carbocycles. The zero-order valence-corrected chi connectivity index (χ0v) is 13.3. The molecule has 1 aliphatic rings. The van der Waals surface area contributed by atoms with Gasteiger partial charge in [-0.1, -0.05) is 6.07 Å². The van der Waals surface area contributed by atoms with Crippen molar-refractivity contribution in [1.29, 1.82) is 0 Å². The Balaban J connectivity index is 1.69. The van der Waals surface area contributed by atoms with E-state index in [4.69, 9.17) is 5.73 Å². The van der Waals surface area contributed by atoms with Gasteiger partial charge in [-0.3, -0.25) is 0 Å². The van der Waals surface area contributed by atoms with Crippen molar-refractivity contribution in [1.82, 2.24) is 4.98 Å². The lowest BCUT2D eigenvalue weighted by Crippen LogP contribution is -2.47. The summed E-state index contributed by atoms with van der Waals surface area (Å²) in [7, 11) is 0. The van der Waals surface area contributed by atoms with Crippen molar-refractivity contribution in [3.05, 3.63) is 46.2 Å². The molecule has 0 spiro atoms. The van der Waals surface area contributed by atoms with Gasteiger partial charge >= 0.3 is 0 Å². The van der Waals surface area contributed by atoms with Gasteiger partial charge < -0.3 is 15.5 Å².